The van der Waals surface area contributed by atoms with E-state index < -0.39 is 0 Å². The summed E-state index contributed by atoms with van der Waals surface area (Å²) < 4.78 is 0. The Hall–Kier alpha value is -0.890. The molecule has 0 aliphatic carbocycles. The standard InChI is InChI=1S/C24H44N2/c1-2-3-4-5-6-7-8-9-10-11-12-13-14-15-16-18-21-25-23-24-20-17-19-22-26-24/h17,19-20,22,25H,2-16,18,21,23H2,1H3. The summed E-state index contributed by atoms with van der Waals surface area (Å²) >= 11 is 0. The number of unbranched alkanes of at least 4 members (excludes halogenated alkanes) is 15. The SMILES string of the molecule is CCCCCCCCCCCCCCCCCCNCc1ccccn1. The Labute approximate surface area is 163 Å². The Morgan fingerprint density at radius 1 is 0.654 bits per heavy atom. The Kier molecular flexibility index (Phi) is 16.8. The van der Waals surface area contributed by atoms with Gasteiger partial charge in [0.1, 0.15) is 0 Å². The van der Waals surface area contributed by atoms with Crippen LogP contribution in [-0.2, 0) is 6.54 Å². The van der Waals surface area contributed by atoms with Gasteiger partial charge in [-0.25, -0.2) is 0 Å². The maximum absolute atomic E-state index is 4.33. The molecule has 1 aromatic rings. The van der Waals surface area contributed by atoms with Crippen LogP contribution in [0, 0.1) is 0 Å². The summed E-state index contributed by atoms with van der Waals surface area (Å²) in [4.78, 5) is 4.33. The van der Waals surface area contributed by atoms with Gasteiger partial charge in [0.2, 0.25) is 0 Å². The number of nitrogens with zero attached hydrogens (tertiary/aromatic N) is 1. The third-order valence-electron chi connectivity index (χ3n) is 5.24. The number of aromatic nitrogens is 1. The van der Waals surface area contributed by atoms with Gasteiger partial charge >= 0.3 is 0 Å². The second-order valence-electron chi connectivity index (χ2n) is 7.80. The number of rotatable bonds is 19. The minimum absolute atomic E-state index is 0.902. The molecule has 1 rings (SSSR count). The van der Waals surface area contributed by atoms with Crippen molar-refractivity contribution in [3.05, 3.63) is 30.1 Å². The quantitative estimate of drug-likeness (QED) is 0.259. The van der Waals surface area contributed by atoms with Crippen LogP contribution in [0.3, 0.4) is 0 Å². The van der Waals surface area contributed by atoms with Crippen LogP contribution in [0.25, 0.3) is 0 Å². The van der Waals surface area contributed by atoms with Crippen LogP contribution in [0.5, 0.6) is 0 Å². The van der Waals surface area contributed by atoms with Gasteiger partial charge < -0.3 is 5.32 Å². The molecule has 150 valence electrons. The number of hydrogen-bond donors (Lipinski definition) is 1. The van der Waals surface area contributed by atoms with Crippen molar-refractivity contribution in [3.63, 3.8) is 0 Å². The predicted octanol–water partition coefficient (Wildman–Crippen LogP) is 7.43. The monoisotopic (exact) mass is 360 g/mol. The van der Waals surface area contributed by atoms with Crippen molar-refractivity contribution < 1.29 is 0 Å². The third kappa shape index (κ3) is 15.4. The number of nitrogens with one attached hydrogen (secondary N) is 1. The second kappa shape index (κ2) is 18.9. The second-order valence-corrected chi connectivity index (χ2v) is 7.80. The lowest BCUT2D eigenvalue weighted by Gasteiger charge is -2.05. The molecule has 0 radical (unpaired) electrons. The summed E-state index contributed by atoms with van der Waals surface area (Å²) in [6.07, 6.45) is 24.8. The lowest BCUT2D eigenvalue weighted by Crippen LogP contribution is -2.15. The minimum Gasteiger partial charge on any atom is -0.311 e. The van der Waals surface area contributed by atoms with E-state index in [0.29, 0.717) is 0 Å². The highest BCUT2D eigenvalue weighted by Gasteiger charge is 1.95. The van der Waals surface area contributed by atoms with E-state index in [2.05, 4.69) is 29.4 Å². The molecule has 0 fully saturated rings. The average molecular weight is 361 g/mol. The zero-order chi connectivity index (χ0) is 18.5. The predicted molar refractivity (Wildman–Crippen MR) is 115 cm³/mol. The van der Waals surface area contributed by atoms with Crippen LogP contribution in [0.2, 0.25) is 0 Å². The van der Waals surface area contributed by atoms with Gasteiger partial charge in [-0.2, -0.15) is 0 Å². The number of hydrogen-bond acceptors (Lipinski definition) is 2. The largest absolute Gasteiger partial charge is 0.311 e. The molecule has 0 unspecified atom stereocenters. The van der Waals surface area contributed by atoms with Gasteiger partial charge in [0.25, 0.3) is 0 Å². The van der Waals surface area contributed by atoms with Crippen LogP contribution in [0.15, 0.2) is 24.4 Å². The van der Waals surface area contributed by atoms with Crippen LogP contribution >= 0.6 is 0 Å². The van der Waals surface area contributed by atoms with Crippen molar-refractivity contribution >= 4 is 0 Å². The van der Waals surface area contributed by atoms with Crippen molar-refractivity contribution in [3.8, 4) is 0 Å². The van der Waals surface area contributed by atoms with Crippen LogP contribution < -0.4 is 5.32 Å². The molecule has 0 aliphatic heterocycles. The normalized spacial score (nSPS) is 11.1. The van der Waals surface area contributed by atoms with Crippen LogP contribution in [0.1, 0.15) is 115 Å². The van der Waals surface area contributed by atoms with Crippen molar-refractivity contribution in [2.24, 2.45) is 0 Å². The molecule has 1 N–H and O–H groups in total. The molecular weight excluding hydrogens is 316 g/mol. The number of pyridine rings is 1. The summed E-state index contributed by atoms with van der Waals surface area (Å²) in [7, 11) is 0. The fraction of sp³-hybridized carbons (Fsp3) is 0.792. The Morgan fingerprint density at radius 3 is 1.62 bits per heavy atom. The molecule has 0 atom stereocenters. The van der Waals surface area contributed by atoms with Crippen molar-refractivity contribution in [1.82, 2.24) is 10.3 Å². The Balaban J connectivity index is 1.68. The molecule has 1 heterocycles. The molecule has 0 aliphatic rings. The maximum atomic E-state index is 4.33. The lowest BCUT2D eigenvalue weighted by molar-refractivity contribution is 0.525. The first-order valence-electron chi connectivity index (χ1n) is 11.5. The zero-order valence-electron chi connectivity index (χ0n) is 17.5. The molecule has 0 bridgehead atoms. The molecule has 0 amide bonds. The topological polar surface area (TPSA) is 24.9 Å². The zero-order valence-corrected chi connectivity index (χ0v) is 17.5. The minimum atomic E-state index is 0.902. The van der Waals surface area contributed by atoms with E-state index in [-0.39, 0.29) is 0 Å². The van der Waals surface area contributed by atoms with E-state index in [1.165, 1.54) is 103 Å². The highest BCUT2D eigenvalue weighted by Crippen LogP contribution is 2.13. The lowest BCUT2D eigenvalue weighted by atomic mass is 10.0. The summed E-state index contributed by atoms with van der Waals surface area (Å²) in [5.74, 6) is 0. The molecule has 0 spiro atoms. The van der Waals surface area contributed by atoms with E-state index in [1.54, 1.807) is 0 Å². The average Bonchev–Trinajstić information content (AvgIpc) is 2.68. The van der Waals surface area contributed by atoms with Gasteiger partial charge in [0, 0.05) is 12.7 Å². The van der Waals surface area contributed by atoms with E-state index in [1.807, 2.05) is 12.3 Å². The molecule has 0 saturated carbocycles. The molecule has 0 aromatic carbocycles. The fourth-order valence-electron chi connectivity index (χ4n) is 3.52. The van der Waals surface area contributed by atoms with E-state index in [0.717, 1.165) is 18.8 Å². The summed E-state index contributed by atoms with van der Waals surface area (Å²) in [6, 6.07) is 6.11. The van der Waals surface area contributed by atoms with Crippen LogP contribution in [-0.4, -0.2) is 11.5 Å². The first kappa shape index (κ1) is 23.1. The molecule has 1 aromatic heterocycles. The van der Waals surface area contributed by atoms with Gasteiger partial charge in [-0.3, -0.25) is 4.98 Å². The first-order chi connectivity index (χ1) is 12.9. The van der Waals surface area contributed by atoms with Crippen molar-refractivity contribution in [2.45, 2.75) is 116 Å². The summed E-state index contributed by atoms with van der Waals surface area (Å²) in [6.45, 7) is 4.32. The molecule has 26 heavy (non-hydrogen) atoms. The van der Waals surface area contributed by atoms with Gasteiger partial charge in [-0.1, -0.05) is 109 Å². The van der Waals surface area contributed by atoms with E-state index in [9.17, 15) is 0 Å². The molecule has 0 saturated heterocycles. The highest BCUT2D eigenvalue weighted by molar-refractivity contribution is 5.02. The van der Waals surface area contributed by atoms with Crippen molar-refractivity contribution in [2.75, 3.05) is 6.54 Å². The van der Waals surface area contributed by atoms with E-state index in [4.69, 9.17) is 0 Å². The van der Waals surface area contributed by atoms with Gasteiger partial charge in [0.15, 0.2) is 0 Å². The molecular formula is C24H44N2. The van der Waals surface area contributed by atoms with Gasteiger partial charge in [-0.05, 0) is 25.1 Å². The van der Waals surface area contributed by atoms with Gasteiger partial charge in [-0.15, -0.1) is 0 Å². The van der Waals surface area contributed by atoms with Gasteiger partial charge in [0.05, 0.1) is 5.69 Å². The fourth-order valence-corrected chi connectivity index (χ4v) is 3.52. The third-order valence-corrected chi connectivity index (χ3v) is 5.24. The van der Waals surface area contributed by atoms with Crippen molar-refractivity contribution in [1.29, 1.82) is 0 Å². The Bertz CT molecular complexity index is 377. The molecule has 2 heteroatoms. The summed E-state index contributed by atoms with van der Waals surface area (Å²) in [5, 5.41) is 3.49. The van der Waals surface area contributed by atoms with E-state index >= 15 is 0 Å². The van der Waals surface area contributed by atoms with Crippen LogP contribution in [0.4, 0.5) is 0 Å². The Morgan fingerprint density at radius 2 is 1.15 bits per heavy atom. The smallest absolute Gasteiger partial charge is 0.0541 e. The highest BCUT2D eigenvalue weighted by atomic mass is 14.9. The maximum Gasteiger partial charge on any atom is 0.0541 e. The summed E-state index contributed by atoms with van der Waals surface area (Å²) in [5.41, 5.74) is 1.14. The molecule has 2 nitrogen and oxygen atoms in total. The first-order valence-corrected chi connectivity index (χ1v) is 11.5.